The van der Waals surface area contributed by atoms with Crippen molar-refractivity contribution in [2.45, 2.75) is 45.7 Å². The van der Waals surface area contributed by atoms with E-state index < -0.39 is 0 Å². The van der Waals surface area contributed by atoms with Gasteiger partial charge in [-0.15, -0.1) is 0 Å². The average Bonchev–Trinajstić information content (AvgIpc) is 2.23. The van der Waals surface area contributed by atoms with Crippen LogP contribution in [0.5, 0.6) is 0 Å². The lowest BCUT2D eigenvalue weighted by Crippen LogP contribution is -2.34. The predicted molar refractivity (Wildman–Crippen MR) is 66.1 cm³/mol. The van der Waals surface area contributed by atoms with Crippen LogP contribution in [0.4, 0.5) is 0 Å². The molecule has 1 heterocycles. The van der Waals surface area contributed by atoms with Gasteiger partial charge in [0, 0.05) is 18.2 Å². The largest absolute Gasteiger partial charge is 0.350 e. The standard InChI is InChI=1S/C12H20N4O/c1-9-14-7-5-10(16-9)8-15-11(17)4-6-12(2,3)13/h5,7H,4,6,8,13H2,1-3H3,(H,15,17). The van der Waals surface area contributed by atoms with Crippen molar-refractivity contribution in [3.8, 4) is 0 Å². The molecule has 0 saturated heterocycles. The van der Waals surface area contributed by atoms with Gasteiger partial charge in [-0.3, -0.25) is 4.79 Å². The number of hydrogen-bond acceptors (Lipinski definition) is 4. The van der Waals surface area contributed by atoms with E-state index in [1.807, 2.05) is 20.8 Å². The van der Waals surface area contributed by atoms with Crippen molar-refractivity contribution >= 4 is 5.91 Å². The number of rotatable bonds is 5. The number of aromatic nitrogens is 2. The third kappa shape index (κ3) is 5.97. The van der Waals surface area contributed by atoms with Gasteiger partial charge in [0.25, 0.3) is 0 Å². The van der Waals surface area contributed by atoms with Crippen LogP contribution in [-0.4, -0.2) is 21.4 Å². The molecule has 3 N–H and O–H groups in total. The van der Waals surface area contributed by atoms with Gasteiger partial charge >= 0.3 is 0 Å². The number of nitrogens with one attached hydrogen (secondary N) is 1. The Bertz CT molecular complexity index is 384. The van der Waals surface area contributed by atoms with Crippen LogP contribution in [0.1, 0.15) is 38.2 Å². The fourth-order valence-electron chi connectivity index (χ4n) is 1.32. The molecule has 1 aromatic rings. The van der Waals surface area contributed by atoms with E-state index in [1.165, 1.54) is 0 Å². The van der Waals surface area contributed by atoms with Crippen molar-refractivity contribution in [3.63, 3.8) is 0 Å². The minimum Gasteiger partial charge on any atom is -0.350 e. The van der Waals surface area contributed by atoms with E-state index in [0.717, 1.165) is 5.69 Å². The van der Waals surface area contributed by atoms with E-state index in [4.69, 9.17) is 5.73 Å². The van der Waals surface area contributed by atoms with Crippen molar-refractivity contribution in [1.29, 1.82) is 0 Å². The van der Waals surface area contributed by atoms with Gasteiger partial charge in [-0.05, 0) is 33.3 Å². The number of nitrogens with two attached hydrogens (primary N) is 1. The summed E-state index contributed by atoms with van der Waals surface area (Å²) in [7, 11) is 0. The molecule has 5 nitrogen and oxygen atoms in total. The van der Waals surface area contributed by atoms with E-state index in [1.54, 1.807) is 12.3 Å². The lowest BCUT2D eigenvalue weighted by atomic mass is 10.00. The molecule has 1 amide bonds. The molecule has 0 fully saturated rings. The number of carbonyl (C=O) groups excluding carboxylic acids is 1. The Kier molecular flexibility index (Phi) is 4.57. The molecule has 94 valence electrons. The second-order valence-electron chi connectivity index (χ2n) is 4.86. The molecule has 0 saturated carbocycles. The highest BCUT2D eigenvalue weighted by Crippen LogP contribution is 2.06. The van der Waals surface area contributed by atoms with Gasteiger partial charge in [-0.2, -0.15) is 0 Å². The van der Waals surface area contributed by atoms with Gasteiger partial charge in [0.2, 0.25) is 5.91 Å². The number of aryl methyl sites for hydroxylation is 1. The summed E-state index contributed by atoms with van der Waals surface area (Å²) in [6, 6.07) is 1.79. The maximum Gasteiger partial charge on any atom is 0.220 e. The first-order chi connectivity index (χ1) is 7.87. The van der Waals surface area contributed by atoms with E-state index >= 15 is 0 Å². The van der Waals surface area contributed by atoms with Crippen LogP contribution in [0.15, 0.2) is 12.3 Å². The maximum atomic E-state index is 11.5. The van der Waals surface area contributed by atoms with Crippen molar-refractivity contribution in [2.24, 2.45) is 5.73 Å². The summed E-state index contributed by atoms with van der Waals surface area (Å²) in [6.45, 7) is 6.08. The monoisotopic (exact) mass is 236 g/mol. The van der Waals surface area contributed by atoms with Gasteiger partial charge in [0.1, 0.15) is 5.82 Å². The molecule has 0 aliphatic rings. The first-order valence-electron chi connectivity index (χ1n) is 5.71. The minimum absolute atomic E-state index is 0.000194. The highest BCUT2D eigenvalue weighted by molar-refractivity contribution is 5.75. The molecule has 0 bridgehead atoms. The van der Waals surface area contributed by atoms with Crippen LogP contribution in [0.3, 0.4) is 0 Å². The molecular formula is C12H20N4O. The smallest absolute Gasteiger partial charge is 0.220 e. The summed E-state index contributed by atoms with van der Waals surface area (Å²) < 4.78 is 0. The zero-order valence-corrected chi connectivity index (χ0v) is 10.7. The molecular weight excluding hydrogens is 216 g/mol. The normalized spacial score (nSPS) is 11.3. The molecule has 17 heavy (non-hydrogen) atoms. The Morgan fingerprint density at radius 2 is 2.24 bits per heavy atom. The van der Waals surface area contributed by atoms with E-state index in [-0.39, 0.29) is 11.4 Å². The lowest BCUT2D eigenvalue weighted by molar-refractivity contribution is -0.121. The number of hydrogen-bond donors (Lipinski definition) is 2. The summed E-state index contributed by atoms with van der Waals surface area (Å²) in [6.07, 6.45) is 2.79. The third-order valence-corrected chi connectivity index (χ3v) is 2.30. The second kappa shape index (κ2) is 5.72. The van der Waals surface area contributed by atoms with E-state index in [9.17, 15) is 4.79 Å². The van der Waals surface area contributed by atoms with Crippen molar-refractivity contribution < 1.29 is 4.79 Å². The topological polar surface area (TPSA) is 80.9 Å². The van der Waals surface area contributed by atoms with E-state index in [2.05, 4.69) is 15.3 Å². The maximum absolute atomic E-state index is 11.5. The fraction of sp³-hybridized carbons (Fsp3) is 0.583. The fourth-order valence-corrected chi connectivity index (χ4v) is 1.32. The summed E-state index contributed by atoms with van der Waals surface area (Å²) in [5.74, 6) is 0.708. The molecule has 0 radical (unpaired) electrons. The summed E-state index contributed by atoms with van der Waals surface area (Å²) in [5.41, 5.74) is 6.33. The Morgan fingerprint density at radius 3 is 2.82 bits per heavy atom. The second-order valence-corrected chi connectivity index (χ2v) is 4.86. The van der Waals surface area contributed by atoms with Crippen LogP contribution in [0.2, 0.25) is 0 Å². The zero-order chi connectivity index (χ0) is 12.9. The molecule has 0 aliphatic carbocycles. The molecule has 0 atom stereocenters. The van der Waals surface area contributed by atoms with Crippen LogP contribution >= 0.6 is 0 Å². The summed E-state index contributed by atoms with van der Waals surface area (Å²) >= 11 is 0. The first kappa shape index (κ1) is 13.6. The summed E-state index contributed by atoms with van der Waals surface area (Å²) in [4.78, 5) is 19.7. The number of carbonyl (C=O) groups is 1. The van der Waals surface area contributed by atoms with Crippen LogP contribution in [0.25, 0.3) is 0 Å². The average molecular weight is 236 g/mol. The molecule has 0 spiro atoms. The van der Waals surface area contributed by atoms with E-state index in [0.29, 0.717) is 25.2 Å². The molecule has 0 unspecified atom stereocenters. The SMILES string of the molecule is Cc1nccc(CNC(=O)CCC(C)(C)N)n1. The zero-order valence-electron chi connectivity index (χ0n) is 10.7. The molecule has 1 rings (SSSR count). The van der Waals surface area contributed by atoms with Crippen molar-refractivity contribution in [2.75, 3.05) is 0 Å². The minimum atomic E-state index is -0.303. The van der Waals surface area contributed by atoms with Crippen molar-refractivity contribution in [1.82, 2.24) is 15.3 Å². The van der Waals surface area contributed by atoms with Gasteiger partial charge in [-0.1, -0.05) is 0 Å². The van der Waals surface area contributed by atoms with Gasteiger partial charge in [0.05, 0.1) is 12.2 Å². The number of amides is 1. The molecule has 1 aromatic heterocycles. The van der Waals surface area contributed by atoms with Crippen LogP contribution in [0, 0.1) is 6.92 Å². The Hall–Kier alpha value is -1.49. The van der Waals surface area contributed by atoms with Crippen molar-refractivity contribution in [3.05, 3.63) is 23.8 Å². The van der Waals surface area contributed by atoms with Gasteiger partial charge in [0.15, 0.2) is 0 Å². The molecule has 0 aromatic carbocycles. The van der Waals surface area contributed by atoms with Gasteiger partial charge < -0.3 is 11.1 Å². The third-order valence-electron chi connectivity index (χ3n) is 2.30. The Balaban J connectivity index is 2.33. The highest BCUT2D eigenvalue weighted by Gasteiger charge is 2.12. The highest BCUT2D eigenvalue weighted by atomic mass is 16.1. The Morgan fingerprint density at radius 1 is 1.53 bits per heavy atom. The lowest BCUT2D eigenvalue weighted by Gasteiger charge is -2.17. The predicted octanol–water partition coefficient (Wildman–Crippen LogP) is 0.919. The quantitative estimate of drug-likeness (QED) is 0.796. The Labute approximate surface area is 102 Å². The molecule has 0 aliphatic heterocycles. The van der Waals surface area contributed by atoms with Gasteiger partial charge in [-0.25, -0.2) is 9.97 Å². The summed E-state index contributed by atoms with van der Waals surface area (Å²) in [5, 5.41) is 2.81. The first-order valence-corrected chi connectivity index (χ1v) is 5.71. The van der Waals surface area contributed by atoms with Crippen LogP contribution < -0.4 is 11.1 Å². The molecule has 5 heteroatoms. The number of nitrogens with zero attached hydrogens (tertiary/aromatic N) is 2. The van der Waals surface area contributed by atoms with Crippen LogP contribution in [-0.2, 0) is 11.3 Å².